The molecule has 0 aliphatic rings. The lowest BCUT2D eigenvalue weighted by atomic mass is 10.0. The van der Waals surface area contributed by atoms with Gasteiger partial charge in [-0.2, -0.15) is 5.10 Å². The molecule has 3 heteroatoms. The molecule has 0 saturated heterocycles. The van der Waals surface area contributed by atoms with E-state index in [0.717, 1.165) is 24.2 Å². The Balaban J connectivity index is 2.19. The third kappa shape index (κ3) is 2.92. The van der Waals surface area contributed by atoms with Crippen LogP contribution in [0.2, 0.25) is 0 Å². The van der Waals surface area contributed by atoms with Gasteiger partial charge < -0.3 is 5.32 Å². The van der Waals surface area contributed by atoms with Crippen LogP contribution in [0.4, 0.5) is 5.69 Å². The number of hydrogen-bond donors (Lipinski definition) is 1. The molecule has 0 saturated carbocycles. The van der Waals surface area contributed by atoms with E-state index >= 15 is 0 Å². The van der Waals surface area contributed by atoms with Crippen LogP contribution >= 0.6 is 0 Å². The van der Waals surface area contributed by atoms with E-state index in [-0.39, 0.29) is 0 Å². The predicted octanol–water partition coefficient (Wildman–Crippen LogP) is 3.68. The Hall–Kier alpha value is -1.77. The summed E-state index contributed by atoms with van der Waals surface area (Å²) in [7, 11) is 1.95. The molecule has 1 aromatic carbocycles. The molecule has 2 rings (SSSR count). The molecule has 2 aromatic rings. The van der Waals surface area contributed by atoms with Crippen molar-refractivity contribution in [3.05, 3.63) is 47.8 Å². The second-order valence-electron chi connectivity index (χ2n) is 4.70. The van der Waals surface area contributed by atoms with E-state index in [9.17, 15) is 0 Å². The van der Waals surface area contributed by atoms with Crippen molar-refractivity contribution in [1.82, 2.24) is 9.78 Å². The maximum Gasteiger partial charge on any atom is 0.0825 e. The van der Waals surface area contributed by atoms with Crippen LogP contribution < -0.4 is 5.32 Å². The van der Waals surface area contributed by atoms with Crippen molar-refractivity contribution in [2.24, 2.45) is 7.05 Å². The average molecular weight is 243 g/mol. The second kappa shape index (κ2) is 5.71. The second-order valence-corrected chi connectivity index (χ2v) is 4.70. The van der Waals surface area contributed by atoms with Crippen LogP contribution in [0.15, 0.2) is 36.5 Å². The predicted molar refractivity (Wildman–Crippen MR) is 75.7 cm³/mol. The quantitative estimate of drug-likeness (QED) is 0.868. The van der Waals surface area contributed by atoms with Crippen LogP contribution in [0.3, 0.4) is 0 Å². The number of hydrogen-bond acceptors (Lipinski definition) is 2. The number of rotatable bonds is 5. The van der Waals surface area contributed by atoms with Gasteiger partial charge in [-0.3, -0.25) is 4.68 Å². The van der Waals surface area contributed by atoms with Crippen LogP contribution in [-0.4, -0.2) is 9.78 Å². The summed E-state index contributed by atoms with van der Waals surface area (Å²) in [4.78, 5) is 0. The summed E-state index contributed by atoms with van der Waals surface area (Å²) in [6.45, 7) is 4.25. The molecule has 0 bridgehead atoms. The maximum atomic E-state index is 4.37. The Morgan fingerprint density at radius 1 is 1.28 bits per heavy atom. The van der Waals surface area contributed by atoms with Gasteiger partial charge in [-0.05, 0) is 18.9 Å². The summed E-state index contributed by atoms with van der Waals surface area (Å²) in [6.07, 6.45) is 4.32. The zero-order chi connectivity index (χ0) is 13.0. The fourth-order valence-electron chi connectivity index (χ4n) is 2.23. The minimum atomic E-state index is 0.360. The molecule has 1 unspecified atom stereocenters. The Morgan fingerprint density at radius 2 is 2.00 bits per heavy atom. The first-order valence-corrected chi connectivity index (χ1v) is 6.52. The number of nitrogens with one attached hydrogen (secondary N) is 1. The van der Waals surface area contributed by atoms with Crippen LogP contribution in [0.5, 0.6) is 0 Å². The fourth-order valence-corrected chi connectivity index (χ4v) is 2.23. The van der Waals surface area contributed by atoms with E-state index in [1.807, 2.05) is 24.9 Å². The molecule has 0 aliphatic heterocycles. The molecule has 1 N–H and O–H groups in total. The summed E-state index contributed by atoms with van der Waals surface area (Å²) >= 11 is 0. The Morgan fingerprint density at radius 3 is 2.56 bits per heavy atom. The highest BCUT2D eigenvalue weighted by molar-refractivity contribution is 5.47. The van der Waals surface area contributed by atoms with E-state index in [4.69, 9.17) is 0 Å². The van der Waals surface area contributed by atoms with Crippen LogP contribution in [0.1, 0.15) is 37.1 Å². The molecular formula is C15H21N3. The Kier molecular flexibility index (Phi) is 4.03. The first-order valence-electron chi connectivity index (χ1n) is 6.52. The van der Waals surface area contributed by atoms with E-state index < -0.39 is 0 Å². The van der Waals surface area contributed by atoms with Crippen LogP contribution in [0, 0.1) is 6.92 Å². The van der Waals surface area contributed by atoms with E-state index in [1.165, 1.54) is 5.56 Å². The molecule has 3 nitrogen and oxygen atoms in total. The third-order valence-corrected chi connectivity index (χ3v) is 3.12. The molecule has 1 heterocycles. The molecule has 0 radical (unpaired) electrons. The highest BCUT2D eigenvalue weighted by atomic mass is 15.3. The van der Waals surface area contributed by atoms with Crippen molar-refractivity contribution < 1.29 is 0 Å². The van der Waals surface area contributed by atoms with Crippen molar-refractivity contribution in [2.75, 3.05) is 5.32 Å². The van der Waals surface area contributed by atoms with Gasteiger partial charge in [0.25, 0.3) is 0 Å². The minimum absolute atomic E-state index is 0.360. The standard InChI is InChI=1S/C15H21N3/c1-4-8-14(13-9-6-5-7-10-13)16-15-11-18(3)17-12(15)2/h5-7,9-11,14,16H,4,8H2,1-3H3. The Bertz CT molecular complexity index is 488. The zero-order valence-electron chi connectivity index (χ0n) is 11.4. The van der Waals surface area contributed by atoms with Crippen LogP contribution in [0.25, 0.3) is 0 Å². The van der Waals surface area contributed by atoms with Crippen LogP contribution in [-0.2, 0) is 7.05 Å². The highest BCUT2D eigenvalue weighted by Gasteiger charge is 2.12. The van der Waals surface area contributed by atoms with Gasteiger partial charge in [-0.1, -0.05) is 43.7 Å². The summed E-state index contributed by atoms with van der Waals surface area (Å²) in [5.41, 5.74) is 3.51. The summed E-state index contributed by atoms with van der Waals surface area (Å²) in [5.74, 6) is 0. The van der Waals surface area contributed by atoms with Gasteiger partial charge in [0.1, 0.15) is 0 Å². The Labute approximate surface area is 109 Å². The molecule has 0 spiro atoms. The lowest BCUT2D eigenvalue weighted by molar-refractivity contribution is 0.677. The van der Waals surface area contributed by atoms with Gasteiger partial charge in [0.05, 0.1) is 17.4 Å². The number of aromatic nitrogens is 2. The minimum Gasteiger partial charge on any atom is -0.375 e. The maximum absolute atomic E-state index is 4.37. The lowest BCUT2D eigenvalue weighted by Crippen LogP contribution is -2.10. The average Bonchev–Trinajstić information content (AvgIpc) is 2.68. The first kappa shape index (κ1) is 12.7. The molecular weight excluding hydrogens is 222 g/mol. The molecule has 1 atom stereocenters. The van der Waals surface area contributed by atoms with Crippen molar-refractivity contribution in [2.45, 2.75) is 32.7 Å². The van der Waals surface area contributed by atoms with E-state index in [1.54, 1.807) is 0 Å². The van der Waals surface area contributed by atoms with Gasteiger partial charge in [-0.25, -0.2) is 0 Å². The molecule has 96 valence electrons. The van der Waals surface area contributed by atoms with E-state index in [2.05, 4.69) is 47.7 Å². The topological polar surface area (TPSA) is 29.9 Å². The molecule has 0 amide bonds. The van der Waals surface area contributed by atoms with Gasteiger partial charge in [0.2, 0.25) is 0 Å². The van der Waals surface area contributed by atoms with Gasteiger partial charge in [0, 0.05) is 13.2 Å². The van der Waals surface area contributed by atoms with Gasteiger partial charge >= 0.3 is 0 Å². The lowest BCUT2D eigenvalue weighted by Gasteiger charge is -2.19. The van der Waals surface area contributed by atoms with Gasteiger partial charge in [-0.15, -0.1) is 0 Å². The molecule has 0 aliphatic carbocycles. The molecule has 18 heavy (non-hydrogen) atoms. The normalized spacial score (nSPS) is 12.4. The number of aryl methyl sites for hydroxylation is 2. The smallest absolute Gasteiger partial charge is 0.0825 e. The first-order chi connectivity index (χ1) is 8.70. The number of nitrogens with zero attached hydrogens (tertiary/aromatic N) is 2. The largest absolute Gasteiger partial charge is 0.375 e. The monoisotopic (exact) mass is 243 g/mol. The number of anilines is 1. The summed E-state index contributed by atoms with van der Waals surface area (Å²) < 4.78 is 1.85. The van der Waals surface area contributed by atoms with Crippen molar-refractivity contribution in [3.8, 4) is 0 Å². The fraction of sp³-hybridized carbons (Fsp3) is 0.400. The summed E-state index contributed by atoms with van der Waals surface area (Å²) in [6, 6.07) is 11.0. The van der Waals surface area contributed by atoms with E-state index in [0.29, 0.717) is 6.04 Å². The third-order valence-electron chi connectivity index (χ3n) is 3.12. The number of benzene rings is 1. The molecule has 0 fully saturated rings. The van der Waals surface area contributed by atoms with Crippen molar-refractivity contribution in [3.63, 3.8) is 0 Å². The van der Waals surface area contributed by atoms with Crippen molar-refractivity contribution in [1.29, 1.82) is 0 Å². The van der Waals surface area contributed by atoms with Gasteiger partial charge in [0.15, 0.2) is 0 Å². The van der Waals surface area contributed by atoms with Crippen molar-refractivity contribution >= 4 is 5.69 Å². The zero-order valence-corrected chi connectivity index (χ0v) is 11.4. The SMILES string of the molecule is CCCC(Nc1cn(C)nc1C)c1ccccc1. The summed E-state index contributed by atoms with van der Waals surface area (Å²) in [5, 5.41) is 7.97. The molecule has 1 aromatic heterocycles. The highest BCUT2D eigenvalue weighted by Crippen LogP contribution is 2.25.